The molecule has 2 saturated carbocycles. The fraction of sp³-hybridized carbons (Fsp3) is 0.600. The lowest BCUT2D eigenvalue weighted by molar-refractivity contribution is -0.236. The summed E-state index contributed by atoms with van der Waals surface area (Å²) in [7, 11) is 1.68. The molecule has 0 unspecified atom stereocenters. The van der Waals surface area contributed by atoms with E-state index in [1.165, 1.54) is 5.56 Å². The fourth-order valence-electron chi connectivity index (χ4n) is 4.89. The summed E-state index contributed by atoms with van der Waals surface area (Å²) in [4.78, 5) is 0. The van der Waals surface area contributed by atoms with E-state index in [4.69, 9.17) is 18.9 Å². The van der Waals surface area contributed by atoms with Crippen LogP contribution in [0, 0.1) is 17.8 Å². The van der Waals surface area contributed by atoms with Crippen LogP contribution in [-0.4, -0.2) is 32.2 Å². The summed E-state index contributed by atoms with van der Waals surface area (Å²) in [6, 6.07) is 10.4. The molecule has 0 amide bonds. The molecule has 0 aromatic heterocycles. The fourth-order valence-corrected chi connectivity index (χ4v) is 4.89. The van der Waals surface area contributed by atoms with Crippen LogP contribution >= 0.6 is 0 Å². The first-order valence-electron chi connectivity index (χ1n) is 8.95. The highest BCUT2D eigenvalue weighted by Crippen LogP contribution is 2.60. The first-order valence-corrected chi connectivity index (χ1v) is 8.95. The molecular formula is C20H26O4. The summed E-state index contributed by atoms with van der Waals surface area (Å²) in [5.74, 6) is 0.922. The van der Waals surface area contributed by atoms with Gasteiger partial charge >= 0.3 is 0 Å². The van der Waals surface area contributed by atoms with Crippen molar-refractivity contribution in [2.75, 3.05) is 20.3 Å². The molecule has 1 aliphatic heterocycles. The molecule has 1 aromatic carbocycles. The molecular weight excluding hydrogens is 304 g/mol. The molecule has 1 aromatic rings. The summed E-state index contributed by atoms with van der Waals surface area (Å²) in [5, 5.41) is 0. The molecule has 4 rings (SSSR count). The van der Waals surface area contributed by atoms with E-state index in [1.807, 2.05) is 6.07 Å². The Morgan fingerprint density at radius 1 is 1.17 bits per heavy atom. The van der Waals surface area contributed by atoms with Gasteiger partial charge in [0.1, 0.15) is 0 Å². The second kappa shape index (κ2) is 6.87. The van der Waals surface area contributed by atoms with Crippen LogP contribution in [0.2, 0.25) is 0 Å². The number of rotatable bonds is 6. The molecule has 0 radical (unpaired) electrons. The molecule has 3 aliphatic rings. The van der Waals surface area contributed by atoms with Gasteiger partial charge < -0.3 is 18.9 Å². The Balaban J connectivity index is 1.45. The minimum atomic E-state index is -0.380. The quantitative estimate of drug-likeness (QED) is 0.748. The Morgan fingerprint density at radius 3 is 2.71 bits per heavy atom. The number of benzene rings is 1. The van der Waals surface area contributed by atoms with Gasteiger partial charge in [-0.25, -0.2) is 0 Å². The van der Waals surface area contributed by atoms with Crippen LogP contribution in [-0.2, 0) is 25.6 Å². The van der Waals surface area contributed by atoms with Crippen LogP contribution in [0.5, 0.6) is 0 Å². The topological polar surface area (TPSA) is 36.9 Å². The van der Waals surface area contributed by atoms with E-state index in [9.17, 15) is 0 Å². The second-order valence-electron chi connectivity index (χ2n) is 7.04. The lowest BCUT2D eigenvalue weighted by Gasteiger charge is -2.41. The molecule has 4 heteroatoms. The summed E-state index contributed by atoms with van der Waals surface area (Å²) in [6.45, 7) is 2.11. The largest absolute Gasteiger partial charge is 0.505 e. The Hall–Kier alpha value is -1.36. The number of hydrogen-bond donors (Lipinski definition) is 0. The van der Waals surface area contributed by atoms with Crippen molar-refractivity contribution in [1.82, 2.24) is 0 Å². The summed E-state index contributed by atoms with van der Waals surface area (Å²) >= 11 is 0. The molecule has 2 bridgehead atoms. The zero-order chi connectivity index (χ0) is 16.4. The van der Waals surface area contributed by atoms with E-state index in [-0.39, 0.29) is 5.79 Å². The molecule has 4 atom stereocenters. The highest BCUT2D eigenvalue weighted by molar-refractivity contribution is 5.14. The van der Waals surface area contributed by atoms with Crippen molar-refractivity contribution in [2.45, 2.75) is 37.8 Å². The van der Waals surface area contributed by atoms with Crippen molar-refractivity contribution in [2.24, 2.45) is 17.8 Å². The minimum Gasteiger partial charge on any atom is -0.505 e. The Morgan fingerprint density at radius 2 is 1.96 bits per heavy atom. The van der Waals surface area contributed by atoms with Gasteiger partial charge in [-0.3, -0.25) is 0 Å². The standard InChI is InChI=1S/C20H26O4/c1-21-9-5-8-18-17-12-16(20(18)23-10-11-24-20)13-19(17)22-14-15-6-3-2-4-7-15/h2-7,9,16-19H,8,10-14H2,1H3/t16-,17-,18+,19+/m0/s1. The van der Waals surface area contributed by atoms with E-state index < -0.39 is 0 Å². The summed E-state index contributed by atoms with van der Waals surface area (Å²) in [5.41, 5.74) is 1.24. The van der Waals surface area contributed by atoms with Gasteiger partial charge in [-0.1, -0.05) is 30.3 Å². The maximum absolute atomic E-state index is 6.30. The minimum absolute atomic E-state index is 0.301. The molecule has 0 N–H and O–H groups in total. The van der Waals surface area contributed by atoms with Gasteiger partial charge in [0.15, 0.2) is 5.79 Å². The van der Waals surface area contributed by atoms with Gasteiger partial charge in [-0.05, 0) is 36.8 Å². The first kappa shape index (κ1) is 16.1. The monoisotopic (exact) mass is 330 g/mol. The summed E-state index contributed by atoms with van der Waals surface area (Å²) in [6.07, 6.45) is 7.25. The number of fused-ring (bicyclic) bond motifs is 3. The average Bonchev–Trinajstić information content (AvgIpc) is 3.32. The number of ether oxygens (including phenoxy) is 4. The molecule has 130 valence electrons. The third-order valence-electron chi connectivity index (χ3n) is 5.82. The van der Waals surface area contributed by atoms with Crippen molar-refractivity contribution in [3.63, 3.8) is 0 Å². The average molecular weight is 330 g/mol. The van der Waals surface area contributed by atoms with E-state index >= 15 is 0 Å². The lowest BCUT2D eigenvalue weighted by atomic mass is 9.79. The number of methoxy groups -OCH3 is 1. The predicted octanol–water partition coefficient (Wildman–Crippen LogP) is 3.52. The molecule has 1 heterocycles. The molecule has 1 spiro atoms. The van der Waals surface area contributed by atoms with Crippen LogP contribution < -0.4 is 0 Å². The van der Waals surface area contributed by atoms with Crippen molar-refractivity contribution in [3.05, 3.63) is 48.2 Å². The Bertz CT molecular complexity index is 564. The highest BCUT2D eigenvalue weighted by atomic mass is 16.7. The van der Waals surface area contributed by atoms with Crippen molar-refractivity contribution >= 4 is 0 Å². The van der Waals surface area contributed by atoms with E-state index in [1.54, 1.807) is 13.4 Å². The molecule has 1 saturated heterocycles. The van der Waals surface area contributed by atoms with Gasteiger partial charge in [0.05, 0.1) is 39.3 Å². The molecule has 4 nitrogen and oxygen atoms in total. The van der Waals surface area contributed by atoms with Gasteiger partial charge in [0.2, 0.25) is 0 Å². The third-order valence-corrected chi connectivity index (χ3v) is 5.82. The predicted molar refractivity (Wildman–Crippen MR) is 90.1 cm³/mol. The van der Waals surface area contributed by atoms with Crippen molar-refractivity contribution in [3.8, 4) is 0 Å². The zero-order valence-corrected chi connectivity index (χ0v) is 14.2. The molecule has 3 fully saturated rings. The maximum atomic E-state index is 6.30. The maximum Gasteiger partial charge on any atom is 0.174 e. The van der Waals surface area contributed by atoms with E-state index in [0.717, 1.165) is 19.3 Å². The van der Waals surface area contributed by atoms with E-state index in [0.29, 0.717) is 43.7 Å². The van der Waals surface area contributed by atoms with Crippen LogP contribution in [0.1, 0.15) is 24.8 Å². The van der Waals surface area contributed by atoms with Crippen LogP contribution in [0.4, 0.5) is 0 Å². The third kappa shape index (κ3) is 2.77. The van der Waals surface area contributed by atoms with Crippen LogP contribution in [0.25, 0.3) is 0 Å². The highest BCUT2D eigenvalue weighted by Gasteiger charge is 2.64. The lowest BCUT2D eigenvalue weighted by Crippen LogP contribution is -2.48. The number of hydrogen-bond acceptors (Lipinski definition) is 4. The SMILES string of the molecule is COC=CC[C@@H]1[C@@H]2C[C@@H](C[C@H]2OCc2ccccc2)C12OCCO2. The smallest absolute Gasteiger partial charge is 0.174 e. The normalized spacial score (nSPS) is 33.7. The molecule has 2 aliphatic carbocycles. The summed E-state index contributed by atoms with van der Waals surface area (Å²) < 4.78 is 23.6. The van der Waals surface area contributed by atoms with E-state index in [2.05, 4.69) is 30.3 Å². The van der Waals surface area contributed by atoms with Gasteiger partial charge in [0, 0.05) is 11.8 Å². The van der Waals surface area contributed by atoms with Gasteiger partial charge in [-0.15, -0.1) is 0 Å². The Kier molecular flexibility index (Phi) is 4.61. The second-order valence-corrected chi connectivity index (χ2v) is 7.04. The van der Waals surface area contributed by atoms with Crippen LogP contribution in [0.3, 0.4) is 0 Å². The first-order chi connectivity index (χ1) is 11.8. The molecule has 24 heavy (non-hydrogen) atoms. The zero-order valence-electron chi connectivity index (χ0n) is 14.2. The van der Waals surface area contributed by atoms with Gasteiger partial charge in [-0.2, -0.15) is 0 Å². The van der Waals surface area contributed by atoms with Crippen molar-refractivity contribution in [1.29, 1.82) is 0 Å². The van der Waals surface area contributed by atoms with Gasteiger partial charge in [0.25, 0.3) is 0 Å². The Labute approximate surface area is 143 Å². The van der Waals surface area contributed by atoms with Crippen molar-refractivity contribution < 1.29 is 18.9 Å². The number of allylic oxidation sites excluding steroid dienone is 1. The van der Waals surface area contributed by atoms with Crippen LogP contribution in [0.15, 0.2) is 42.7 Å².